The van der Waals surface area contributed by atoms with Crippen molar-refractivity contribution in [2.45, 2.75) is 104 Å². The standard InChI is InChI=1S/C29H44N2O3/c1-4-6-7-8-9-10-11-12-13-14-15-16-17-19-24-20-18-21-26(33-3)27(24)28-25(22-30-23-31-28)29(32)34-5-2/h18,20-23H,4-17,19H2,1-3H3. The van der Waals surface area contributed by atoms with E-state index in [9.17, 15) is 4.79 Å². The number of carbonyl (C=O) groups is 1. The van der Waals surface area contributed by atoms with Crippen LogP contribution in [0.15, 0.2) is 30.7 Å². The maximum absolute atomic E-state index is 12.5. The van der Waals surface area contributed by atoms with Crippen molar-refractivity contribution in [3.63, 3.8) is 0 Å². The Morgan fingerprint density at radius 2 is 1.47 bits per heavy atom. The van der Waals surface area contributed by atoms with Gasteiger partial charge in [0.05, 0.1) is 19.4 Å². The van der Waals surface area contributed by atoms with E-state index in [1.54, 1.807) is 14.0 Å². The number of methoxy groups -OCH3 is 1. The van der Waals surface area contributed by atoms with Crippen molar-refractivity contribution in [1.29, 1.82) is 0 Å². The summed E-state index contributed by atoms with van der Waals surface area (Å²) < 4.78 is 10.9. The number of nitrogens with zero attached hydrogens (tertiary/aromatic N) is 2. The van der Waals surface area contributed by atoms with Gasteiger partial charge in [-0.3, -0.25) is 0 Å². The number of hydrogen-bond donors (Lipinski definition) is 0. The molecule has 0 atom stereocenters. The van der Waals surface area contributed by atoms with E-state index < -0.39 is 5.97 Å². The smallest absolute Gasteiger partial charge is 0.341 e. The van der Waals surface area contributed by atoms with Gasteiger partial charge in [-0.1, -0.05) is 96.1 Å². The van der Waals surface area contributed by atoms with Gasteiger partial charge in [-0.15, -0.1) is 0 Å². The Kier molecular flexibility index (Phi) is 14.0. The summed E-state index contributed by atoms with van der Waals surface area (Å²) in [6, 6.07) is 6.03. The van der Waals surface area contributed by atoms with E-state index in [2.05, 4.69) is 23.0 Å². The van der Waals surface area contributed by atoms with Gasteiger partial charge < -0.3 is 9.47 Å². The molecule has 0 aliphatic heterocycles. The fourth-order valence-corrected chi connectivity index (χ4v) is 4.44. The maximum Gasteiger partial charge on any atom is 0.341 e. The number of esters is 1. The molecule has 2 aromatic rings. The fourth-order valence-electron chi connectivity index (χ4n) is 4.44. The lowest BCUT2D eigenvalue weighted by molar-refractivity contribution is 0.0526. The Morgan fingerprint density at radius 1 is 0.853 bits per heavy atom. The van der Waals surface area contributed by atoms with Crippen LogP contribution < -0.4 is 4.74 Å². The van der Waals surface area contributed by atoms with Crippen molar-refractivity contribution in [2.24, 2.45) is 0 Å². The van der Waals surface area contributed by atoms with E-state index in [-0.39, 0.29) is 0 Å². The summed E-state index contributed by atoms with van der Waals surface area (Å²) in [5.74, 6) is 0.312. The molecule has 34 heavy (non-hydrogen) atoms. The molecular formula is C29H44N2O3. The molecule has 0 saturated carbocycles. The number of hydrogen-bond acceptors (Lipinski definition) is 5. The summed E-state index contributed by atoms with van der Waals surface area (Å²) in [6.45, 7) is 4.38. The van der Waals surface area contributed by atoms with Crippen LogP contribution in [0.2, 0.25) is 0 Å². The first-order valence-corrected chi connectivity index (χ1v) is 13.4. The number of aromatic nitrogens is 2. The van der Waals surface area contributed by atoms with Crippen LogP contribution in [-0.4, -0.2) is 29.7 Å². The monoisotopic (exact) mass is 468 g/mol. The predicted octanol–water partition coefficient (Wildman–Crippen LogP) is 7.96. The fraction of sp³-hybridized carbons (Fsp3) is 0.621. The normalized spacial score (nSPS) is 10.9. The zero-order valence-electron chi connectivity index (χ0n) is 21.6. The first-order chi connectivity index (χ1) is 16.7. The molecule has 0 fully saturated rings. The Bertz CT molecular complexity index is 838. The zero-order chi connectivity index (χ0) is 24.4. The molecule has 0 aliphatic carbocycles. The highest BCUT2D eigenvalue weighted by molar-refractivity contribution is 5.97. The lowest BCUT2D eigenvalue weighted by atomic mass is 9.95. The maximum atomic E-state index is 12.5. The molecule has 0 bridgehead atoms. The van der Waals surface area contributed by atoms with Crippen molar-refractivity contribution in [3.8, 4) is 17.0 Å². The summed E-state index contributed by atoms with van der Waals surface area (Å²) in [5, 5.41) is 0. The van der Waals surface area contributed by atoms with Gasteiger partial charge in [0.2, 0.25) is 0 Å². The molecule has 5 heteroatoms. The molecule has 2 rings (SSSR count). The molecule has 5 nitrogen and oxygen atoms in total. The second kappa shape index (κ2) is 17.1. The molecule has 0 radical (unpaired) electrons. The minimum atomic E-state index is -0.407. The lowest BCUT2D eigenvalue weighted by Crippen LogP contribution is -2.09. The number of rotatable bonds is 18. The molecule has 0 aliphatic rings. The molecule has 0 spiro atoms. The molecule has 1 aromatic carbocycles. The van der Waals surface area contributed by atoms with Gasteiger partial charge >= 0.3 is 5.97 Å². The van der Waals surface area contributed by atoms with Crippen LogP contribution in [0.4, 0.5) is 0 Å². The second-order valence-electron chi connectivity index (χ2n) is 8.99. The van der Waals surface area contributed by atoms with Crippen molar-refractivity contribution >= 4 is 5.97 Å². The summed E-state index contributed by atoms with van der Waals surface area (Å²) in [6.07, 6.45) is 21.3. The van der Waals surface area contributed by atoms with Gasteiger partial charge in [-0.05, 0) is 31.4 Å². The highest BCUT2D eigenvalue weighted by atomic mass is 16.5. The van der Waals surface area contributed by atoms with Gasteiger partial charge in [-0.25, -0.2) is 14.8 Å². The molecule has 0 N–H and O–H groups in total. The topological polar surface area (TPSA) is 61.3 Å². The molecule has 188 valence electrons. The van der Waals surface area contributed by atoms with Crippen LogP contribution in [0.1, 0.15) is 113 Å². The van der Waals surface area contributed by atoms with Crippen LogP contribution in [0, 0.1) is 0 Å². The third-order valence-corrected chi connectivity index (χ3v) is 6.33. The molecule has 0 unspecified atom stereocenters. The predicted molar refractivity (Wildman–Crippen MR) is 139 cm³/mol. The molecule has 0 saturated heterocycles. The van der Waals surface area contributed by atoms with Crippen LogP contribution in [0.3, 0.4) is 0 Å². The van der Waals surface area contributed by atoms with Gasteiger partial charge in [0.1, 0.15) is 17.6 Å². The number of carbonyl (C=O) groups excluding carboxylic acids is 1. The highest BCUT2D eigenvalue weighted by Gasteiger charge is 2.21. The zero-order valence-corrected chi connectivity index (χ0v) is 21.6. The minimum absolute atomic E-state index is 0.310. The Labute approximate surface area is 206 Å². The van der Waals surface area contributed by atoms with Crippen LogP contribution in [0.5, 0.6) is 5.75 Å². The Morgan fingerprint density at radius 3 is 2.06 bits per heavy atom. The van der Waals surface area contributed by atoms with Gasteiger partial charge in [0.25, 0.3) is 0 Å². The van der Waals surface area contributed by atoms with Crippen LogP contribution in [0.25, 0.3) is 11.3 Å². The average Bonchev–Trinajstić information content (AvgIpc) is 2.86. The van der Waals surface area contributed by atoms with E-state index in [0.29, 0.717) is 17.9 Å². The lowest BCUT2D eigenvalue weighted by Gasteiger charge is -2.15. The third kappa shape index (κ3) is 9.44. The first-order valence-electron chi connectivity index (χ1n) is 13.4. The molecular weight excluding hydrogens is 424 g/mol. The summed E-state index contributed by atoms with van der Waals surface area (Å²) in [5.41, 5.74) is 2.97. The van der Waals surface area contributed by atoms with Gasteiger partial charge in [0, 0.05) is 11.8 Å². The van der Waals surface area contributed by atoms with Crippen molar-refractivity contribution < 1.29 is 14.3 Å². The first kappa shape index (κ1) is 27.8. The van der Waals surface area contributed by atoms with Crippen molar-refractivity contribution in [3.05, 3.63) is 41.9 Å². The van der Waals surface area contributed by atoms with E-state index in [4.69, 9.17) is 9.47 Å². The number of unbranched alkanes of at least 4 members (excludes halogenated alkanes) is 12. The van der Waals surface area contributed by atoms with E-state index in [1.165, 1.54) is 89.6 Å². The quantitative estimate of drug-likeness (QED) is 0.164. The Hall–Kier alpha value is -2.43. The van der Waals surface area contributed by atoms with E-state index >= 15 is 0 Å². The van der Waals surface area contributed by atoms with Crippen molar-refractivity contribution in [2.75, 3.05) is 13.7 Å². The van der Waals surface area contributed by atoms with Crippen LogP contribution >= 0.6 is 0 Å². The van der Waals surface area contributed by atoms with E-state index in [0.717, 1.165) is 29.7 Å². The largest absolute Gasteiger partial charge is 0.496 e. The van der Waals surface area contributed by atoms with Gasteiger partial charge in [-0.2, -0.15) is 0 Å². The SMILES string of the molecule is CCCCCCCCCCCCCCCc1cccc(OC)c1-c1ncncc1C(=O)OCC. The summed E-state index contributed by atoms with van der Waals surface area (Å²) in [7, 11) is 1.65. The summed E-state index contributed by atoms with van der Waals surface area (Å²) >= 11 is 0. The van der Waals surface area contributed by atoms with E-state index in [1.807, 2.05) is 12.1 Å². The number of aryl methyl sites for hydroxylation is 1. The summed E-state index contributed by atoms with van der Waals surface area (Å²) in [4.78, 5) is 21.0. The van der Waals surface area contributed by atoms with Crippen molar-refractivity contribution in [1.82, 2.24) is 9.97 Å². The average molecular weight is 469 g/mol. The Balaban J connectivity index is 1.83. The van der Waals surface area contributed by atoms with Crippen LogP contribution in [-0.2, 0) is 11.2 Å². The minimum Gasteiger partial charge on any atom is -0.496 e. The third-order valence-electron chi connectivity index (χ3n) is 6.33. The second-order valence-corrected chi connectivity index (χ2v) is 8.99. The number of ether oxygens (including phenoxy) is 2. The molecule has 1 aromatic heterocycles. The number of benzene rings is 1. The molecule has 0 amide bonds. The van der Waals surface area contributed by atoms with Gasteiger partial charge in [0.15, 0.2) is 0 Å². The molecule has 1 heterocycles. The highest BCUT2D eigenvalue weighted by Crippen LogP contribution is 2.35.